The second kappa shape index (κ2) is 4.21. The summed E-state index contributed by atoms with van der Waals surface area (Å²) in [6, 6.07) is 2.59. The van der Waals surface area contributed by atoms with E-state index in [9.17, 15) is 0 Å². The van der Waals surface area contributed by atoms with E-state index in [2.05, 4.69) is 14.9 Å². The van der Waals surface area contributed by atoms with Crippen LogP contribution >= 0.6 is 11.6 Å². The van der Waals surface area contributed by atoms with E-state index in [4.69, 9.17) is 11.6 Å². The summed E-state index contributed by atoms with van der Waals surface area (Å²) in [5, 5.41) is 0.546. The van der Waals surface area contributed by atoms with Gasteiger partial charge in [0.2, 0.25) is 0 Å². The van der Waals surface area contributed by atoms with Gasteiger partial charge in [-0.15, -0.1) is 0 Å². The van der Waals surface area contributed by atoms with Crippen molar-refractivity contribution < 1.29 is 0 Å². The summed E-state index contributed by atoms with van der Waals surface area (Å²) in [6.07, 6.45) is 8.30. The maximum atomic E-state index is 5.93. The average Bonchev–Trinajstić information content (AvgIpc) is 2.76. The summed E-state index contributed by atoms with van der Waals surface area (Å²) in [5.74, 6) is 1.89. The third-order valence-electron chi connectivity index (χ3n) is 3.91. The Morgan fingerprint density at radius 2 is 2.06 bits per heavy atom. The van der Waals surface area contributed by atoms with Crippen LogP contribution in [0.3, 0.4) is 0 Å². The van der Waals surface area contributed by atoms with Gasteiger partial charge >= 0.3 is 0 Å². The minimum atomic E-state index is 0.546. The van der Waals surface area contributed by atoms with Gasteiger partial charge in [0, 0.05) is 18.7 Å². The van der Waals surface area contributed by atoms with Gasteiger partial charge in [0.05, 0.1) is 0 Å². The standard InChI is InChI=1S/C12H16ClN3/c13-11-7-12(15-8-14-11)16-6-2-4-9-3-1-5-10(9)16/h7-10H,1-6H2. The smallest absolute Gasteiger partial charge is 0.134 e. The molecule has 2 unspecified atom stereocenters. The molecular weight excluding hydrogens is 222 g/mol. The Morgan fingerprint density at radius 3 is 2.94 bits per heavy atom. The molecule has 2 fully saturated rings. The maximum Gasteiger partial charge on any atom is 0.134 e. The topological polar surface area (TPSA) is 29.0 Å². The molecule has 3 rings (SSSR count). The van der Waals surface area contributed by atoms with Crippen molar-refractivity contribution >= 4 is 17.4 Å². The van der Waals surface area contributed by atoms with Crippen molar-refractivity contribution in [3.8, 4) is 0 Å². The summed E-state index contributed by atoms with van der Waals surface area (Å²) in [5.41, 5.74) is 0. The van der Waals surface area contributed by atoms with Crippen LogP contribution in [0.2, 0.25) is 5.15 Å². The zero-order chi connectivity index (χ0) is 11.0. The van der Waals surface area contributed by atoms with Crippen LogP contribution in [-0.2, 0) is 0 Å². The second-order valence-electron chi connectivity index (χ2n) is 4.79. The predicted octanol–water partition coefficient (Wildman–Crippen LogP) is 2.90. The van der Waals surface area contributed by atoms with Gasteiger partial charge in [0.15, 0.2) is 0 Å². The van der Waals surface area contributed by atoms with Crippen LogP contribution in [0.4, 0.5) is 5.82 Å². The molecular formula is C12H16ClN3. The fraction of sp³-hybridized carbons (Fsp3) is 0.667. The Kier molecular flexibility index (Phi) is 2.72. The highest BCUT2D eigenvalue weighted by Gasteiger charge is 2.35. The third kappa shape index (κ3) is 1.77. The molecule has 1 saturated heterocycles. The Labute approximate surface area is 101 Å². The van der Waals surface area contributed by atoms with Crippen LogP contribution in [-0.4, -0.2) is 22.6 Å². The number of halogens is 1. The molecule has 0 bridgehead atoms. The minimum absolute atomic E-state index is 0.546. The van der Waals surface area contributed by atoms with Crippen LogP contribution in [0.15, 0.2) is 12.4 Å². The number of anilines is 1. The van der Waals surface area contributed by atoms with E-state index >= 15 is 0 Å². The molecule has 0 amide bonds. The molecule has 4 heteroatoms. The summed E-state index contributed by atoms with van der Waals surface area (Å²) in [6.45, 7) is 1.12. The van der Waals surface area contributed by atoms with E-state index in [0.29, 0.717) is 11.2 Å². The van der Waals surface area contributed by atoms with E-state index in [-0.39, 0.29) is 0 Å². The maximum absolute atomic E-state index is 5.93. The van der Waals surface area contributed by atoms with Gasteiger partial charge in [0.1, 0.15) is 17.3 Å². The van der Waals surface area contributed by atoms with E-state index in [1.54, 1.807) is 6.33 Å². The lowest BCUT2D eigenvalue weighted by Crippen LogP contribution is -2.43. The SMILES string of the molecule is Clc1cc(N2CCCC3CCCC32)ncn1. The van der Waals surface area contributed by atoms with Crippen molar-refractivity contribution in [2.75, 3.05) is 11.4 Å². The molecule has 2 atom stereocenters. The molecule has 86 valence electrons. The molecule has 2 aliphatic rings. The Bertz CT molecular complexity index is 382. The molecule has 0 spiro atoms. The summed E-state index contributed by atoms with van der Waals surface area (Å²) < 4.78 is 0. The monoisotopic (exact) mass is 237 g/mol. The lowest BCUT2D eigenvalue weighted by atomic mass is 9.92. The molecule has 1 aliphatic heterocycles. The summed E-state index contributed by atoms with van der Waals surface area (Å²) in [4.78, 5) is 10.7. The Hall–Kier alpha value is -0.830. The number of piperidine rings is 1. The van der Waals surface area contributed by atoms with E-state index < -0.39 is 0 Å². The molecule has 1 aromatic heterocycles. The van der Waals surface area contributed by atoms with Crippen LogP contribution < -0.4 is 4.90 Å². The molecule has 3 nitrogen and oxygen atoms in total. The predicted molar refractivity (Wildman–Crippen MR) is 64.8 cm³/mol. The zero-order valence-corrected chi connectivity index (χ0v) is 10.0. The normalized spacial score (nSPS) is 29.2. The van der Waals surface area contributed by atoms with Gasteiger partial charge in [-0.05, 0) is 31.6 Å². The average molecular weight is 238 g/mol. The van der Waals surface area contributed by atoms with Crippen molar-refractivity contribution in [1.29, 1.82) is 0 Å². The highest BCUT2D eigenvalue weighted by molar-refractivity contribution is 6.29. The van der Waals surface area contributed by atoms with E-state index in [0.717, 1.165) is 18.3 Å². The number of rotatable bonds is 1. The number of aromatic nitrogens is 2. The number of nitrogens with zero attached hydrogens (tertiary/aromatic N) is 3. The Balaban J connectivity index is 1.88. The number of hydrogen-bond donors (Lipinski definition) is 0. The zero-order valence-electron chi connectivity index (χ0n) is 9.27. The van der Waals surface area contributed by atoms with Crippen LogP contribution in [0.25, 0.3) is 0 Å². The first kappa shape index (κ1) is 10.3. The quantitative estimate of drug-likeness (QED) is 0.704. The molecule has 2 heterocycles. The van der Waals surface area contributed by atoms with Crippen molar-refractivity contribution in [2.45, 2.75) is 38.1 Å². The first-order valence-electron chi connectivity index (χ1n) is 6.09. The summed E-state index contributed by atoms with van der Waals surface area (Å²) >= 11 is 5.93. The van der Waals surface area contributed by atoms with Crippen LogP contribution in [0.1, 0.15) is 32.1 Å². The largest absolute Gasteiger partial charge is 0.353 e. The fourth-order valence-corrected chi connectivity index (χ4v) is 3.36. The van der Waals surface area contributed by atoms with Crippen molar-refractivity contribution in [1.82, 2.24) is 9.97 Å². The van der Waals surface area contributed by atoms with Crippen molar-refractivity contribution in [3.05, 3.63) is 17.5 Å². The molecule has 16 heavy (non-hydrogen) atoms. The number of fused-ring (bicyclic) bond motifs is 1. The first-order chi connectivity index (χ1) is 7.84. The highest BCUT2D eigenvalue weighted by Crippen LogP contribution is 2.38. The van der Waals surface area contributed by atoms with Crippen molar-refractivity contribution in [2.24, 2.45) is 5.92 Å². The van der Waals surface area contributed by atoms with Gasteiger partial charge < -0.3 is 4.90 Å². The van der Waals surface area contributed by atoms with Crippen LogP contribution in [0, 0.1) is 5.92 Å². The third-order valence-corrected chi connectivity index (χ3v) is 4.11. The molecule has 1 aromatic rings. The van der Waals surface area contributed by atoms with Gasteiger partial charge in [-0.1, -0.05) is 18.0 Å². The lowest BCUT2D eigenvalue weighted by molar-refractivity contribution is 0.360. The van der Waals surface area contributed by atoms with Gasteiger partial charge in [-0.3, -0.25) is 0 Å². The molecule has 1 aliphatic carbocycles. The Morgan fingerprint density at radius 1 is 1.19 bits per heavy atom. The first-order valence-corrected chi connectivity index (χ1v) is 6.46. The van der Waals surface area contributed by atoms with Gasteiger partial charge in [-0.25, -0.2) is 9.97 Å². The molecule has 0 N–H and O–H groups in total. The van der Waals surface area contributed by atoms with E-state index in [1.807, 2.05) is 6.07 Å². The van der Waals surface area contributed by atoms with Gasteiger partial charge in [0.25, 0.3) is 0 Å². The lowest BCUT2D eigenvalue weighted by Gasteiger charge is -2.38. The summed E-state index contributed by atoms with van der Waals surface area (Å²) in [7, 11) is 0. The second-order valence-corrected chi connectivity index (χ2v) is 5.18. The fourth-order valence-electron chi connectivity index (χ4n) is 3.22. The molecule has 0 radical (unpaired) electrons. The van der Waals surface area contributed by atoms with E-state index in [1.165, 1.54) is 32.1 Å². The highest BCUT2D eigenvalue weighted by atomic mass is 35.5. The van der Waals surface area contributed by atoms with Crippen molar-refractivity contribution in [3.63, 3.8) is 0 Å². The van der Waals surface area contributed by atoms with Crippen LogP contribution in [0.5, 0.6) is 0 Å². The minimum Gasteiger partial charge on any atom is -0.353 e. The molecule has 1 saturated carbocycles. The molecule has 0 aromatic carbocycles. The number of hydrogen-bond acceptors (Lipinski definition) is 3. The van der Waals surface area contributed by atoms with Gasteiger partial charge in [-0.2, -0.15) is 0 Å².